The Bertz CT molecular complexity index is 897. The fourth-order valence-corrected chi connectivity index (χ4v) is 5.36. The molecule has 0 radical (unpaired) electrons. The van der Waals surface area contributed by atoms with Crippen molar-refractivity contribution in [3.8, 4) is 11.5 Å². The van der Waals surface area contributed by atoms with Crippen molar-refractivity contribution in [3.05, 3.63) is 34.8 Å². The summed E-state index contributed by atoms with van der Waals surface area (Å²) in [6.45, 7) is 6.89. The lowest BCUT2D eigenvalue weighted by Gasteiger charge is -2.34. The van der Waals surface area contributed by atoms with E-state index in [2.05, 4.69) is 50.1 Å². The highest BCUT2D eigenvalue weighted by Gasteiger charge is 2.52. The molecule has 1 aliphatic carbocycles. The van der Waals surface area contributed by atoms with Crippen molar-refractivity contribution in [2.45, 2.75) is 45.1 Å². The molecule has 6 nitrogen and oxygen atoms in total. The van der Waals surface area contributed by atoms with Crippen LogP contribution in [-0.4, -0.2) is 36.7 Å². The van der Waals surface area contributed by atoms with Crippen molar-refractivity contribution < 1.29 is 14.3 Å². The first-order valence-corrected chi connectivity index (χ1v) is 10.4. The number of nitrogens with zero attached hydrogens (tertiary/aromatic N) is 2. The molecule has 1 fully saturated rings. The van der Waals surface area contributed by atoms with E-state index in [1.165, 1.54) is 0 Å². The summed E-state index contributed by atoms with van der Waals surface area (Å²) in [6.07, 6.45) is 3.55. The van der Waals surface area contributed by atoms with Crippen LogP contribution in [0.1, 0.15) is 50.1 Å². The summed E-state index contributed by atoms with van der Waals surface area (Å²) in [5.74, 6) is 1.46. The minimum absolute atomic E-state index is 0.00410. The Labute approximate surface area is 169 Å². The van der Waals surface area contributed by atoms with Gasteiger partial charge in [0.05, 0.1) is 11.5 Å². The van der Waals surface area contributed by atoms with Gasteiger partial charge in [0.1, 0.15) is 0 Å². The zero-order valence-corrected chi connectivity index (χ0v) is 17.9. The fraction of sp³-hybridized carbons (Fsp3) is 0.524. The molecule has 1 amide bonds. The molecule has 7 heteroatoms. The van der Waals surface area contributed by atoms with Crippen LogP contribution in [0.5, 0.6) is 11.5 Å². The lowest BCUT2D eigenvalue weighted by Crippen LogP contribution is -2.30. The highest BCUT2D eigenvalue weighted by molar-refractivity contribution is 7.15. The van der Waals surface area contributed by atoms with Gasteiger partial charge in [-0.05, 0) is 50.0 Å². The molecule has 2 heterocycles. The normalized spacial score (nSPS) is 18.2. The number of fused-ring (bicyclic) bond motifs is 1. The Kier molecular flexibility index (Phi) is 4.62. The largest absolute Gasteiger partial charge is 0.454 e. The minimum atomic E-state index is -0.488. The lowest BCUT2D eigenvalue weighted by molar-refractivity contribution is -0.118. The molecular formula is C21H27N3O3S. The number of benzene rings is 1. The summed E-state index contributed by atoms with van der Waals surface area (Å²) in [6, 6.07) is 6.02. The first-order chi connectivity index (χ1) is 13.2. The number of hydrogen-bond acceptors (Lipinski definition) is 6. The highest BCUT2D eigenvalue weighted by Crippen LogP contribution is 2.51. The second kappa shape index (κ2) is 6.74. The molecule has 0 bridgehead atoms. The van der Waals surface area contributed by atoms with Crippen molar-refractivity contribution in [1.29, 1.82) is 0 Å². The zero-order valence-electron chi connectivity index (χ0n) is 17.0. The van der Waals surface area contributed by atoms with Gasteiger partial charge in [0.15, 0.2) is 16.6 Å². The summed E-state index contributed by atoms with van der Waals surface area (Å²) >= 11 is 1.55. The quantitative estimate of drug-likeness (QED) is 0.814. The summed E-state index contributed by atoms with van der Waals surface area (Å²) < 4.78 is 10.9. The Hall–Kier alpha value is -2.12. The molecule has 1 aromatic carbocycles. The van der Waals surface area contributed by atoms with E-state index in [-0.39, 0.29) is 24.2 Å². The fourth-order valence-electron chi connectivity index (χ4n) is 4.11. The van der Waals surface area contributed by atoms with Crippen molar-refractivity contribution in [3.63, 3.8) is 0 Å². The summed E-state index contributed by atoms with van der Waals surface area (Å²) in [7, 11) is 4.15. The van der Waals surface area contributed by atoms with Gasteiger partial charge in [-0.3, -0.25) is 4.79 Å². The summed E-state index contributed by atoms with van der Waals surface area (Å²) in [5, 5.41) is 3.71. The molecule has 1 aromatic heterocycles. The van der Waals surface area contributed by atoms with Gasteiger partial charge >= 0.3 is 0 Å². The van der Waals surface area contributed by atoms with Crippen LogP contribution in [0.2, 0.25) is 0 Å². The monoisotopic (exact) mass is 401 g/mol. The average Bonchev–Trinajstić information content (AvgIpc) is 3.08. The van der Waals surface area contributed by atoms with E-state index in [1.54, 1.807) is 11.3 Å². The van der Waals surface area contributed by atoms with E-state index in [0.29, 0.717) is 10.9 Å². The maximum absolute atomic E-state index is 13.1. The van der Waals surface area contributed by atoms with Gasteiger partial charge in [0.25, 0.3) is 0 Å². The van der Waals surface area contributed by atoms with Crippen LogP contribution in [0.25, 0.3) is 0 Å². The van der Waals surface area contributed by atoms with E-state index in [4.69, 9.17) is 9.47 Å². The molecule has 2 aliphatic rings. The predicted molar refractivity (Wildman–Crippen MR) is 110 cm³/mol. The van der Waals surface area contributed by atoms with E-state index in [0.717, 1.165) is 29.0 Å². The second-order valence-electron chi connectivity index (χ2n) is 8.90. The van der Waals surface area contributed by atoms with Crippen molar-refractivity contribution in [2.24, 2.45) is 5.41 Å². The number of nitrogens with one attached hydrogen (secondary N) is 1. The smallest absolute Gasteiger partial charge is 0.236 e. The molecule has 1 N–H and O–H groups in total. The van der Waals surface area contributed by atoms with Gasteiger partial charge in [-0.15, -0.1) is 11.3 Å². The Balaban J connectivity index is 1.52. The molecule has 1 aliphatic heterocycles. The van der Waals surface area contributed by atoms with Gasteiger partial charge in [-0.2, -0.15) is 0 Å². The molecule has 1 unspecified atom stereocenters. The third-order valence-corrected chi connectivity index (χ3v) is 6.43. The SMILES string of the molecule is CN(C)C(c1cnc(NC(=O)C2(c3ccc4c(c3)OCO4)CC2)s1)C(C)(C)C. The maximum atomic E-state index is 13.1. The van der Waals surface area contributed by atoms with Crippen LogP contribution < -0.4 is 14.8 Å². The number of rotatable bonds is 5. The van der Waals surface area contributed by atoms with E-state index < -0.39 is 5.41 Å². The third kappa shape index (κ3) is 3.37. The molecule has 4 rings (SSSR count). The number of hydrogen-bond donors (Lipinski definition) is 1. The minimum Gasteiger partial charge on any atom is -0.454 e. The number of carbonyl (C=O) groups excluding carboxylic acids is 1. The first-order valence-electron chi connectivity index (χ1n) is 9.54. The molecular weight excluding hydrogens is 374 g/mol. The average molecular weight is 402 g/mol. The topological polar surface area (TPSA) is 63.7 Å². The number of anilines is 1. The van der Waals surface area contributed by atoms with Gasteiger partial charge in [-0.25, -0.2) is 4.98 Å². The maximum Gasteiger partial charge on any atom is 0.236 e. The van der Waals surface area contributed by atoms with Gasteiger partial charge in [0, 0.05) is 11.1 Å². The number of carbonyl (C=O) groups is 1. The van der Waals surface area contributed by atoms with Crippen LogP contribution in [0, 0.1) is 5.41 Å². The molecule has 0 saturated heterocycles. The van der Waals surface area contributed by atoms with Crippen LogP contribution in [-0.2, 0) is 10.2 Å². The van der Waals surface area contributed by atoms with Crippen molar-refractivity contribution in [2.75, 3.05) is 26.2 Å². The molecule has 1 saturated carbocycles. The lowest BCUT2D eigenvalue weighted by atomic mass is 9.85. The van der Waals surface area contributed by atoms with Gasteiger partial charge in [-0.1, -0.05) is 26.8 Å². The van der Waals surface area contributed by atoms with Crippen molar-refractivity contribution in [1.82, 2.24) is 9.88 Å². The zero-order chi connectivity index (χ0) is 20.1. The van der Waals surface area contributed by atoms with E-state index >= 15 is 0 Å². The van der Waals surface area contributed by atoms with Crippen LogP contribution in [0.4, 0.5) is 5.13 Å². The standard InChI is InChI=1S/C21H27N3O3S/c1-20(2,3)17(24(4)5)16-11-22-19(28-16)23-18(25)21(8-9-21)13-6-7-14-15(10-13)27-12-26-14/h6-7,10-11,17H,8-9,12H2,1-5H3,(H,22,23,25). The number of aromatic nitrogens is 1. The Morgan fingerprint density at radius 1 is 1.25 bits per heavy atom. The van der Waals surface area contributed by atoms with Crippen molar-refractivity contribution >= 4 is 22.4 Å². The van der Waals surface area contributed by atoms with E-state index in [1.807, 2.05) is 24.4 Å². The number of amides is 1. The molecule has 2 aromatic rings. The Morgan fingerprint density at radius 2 is 1.96 bits per heavy atom. The number of thiazole rings is 1. The van der Waals surface area contributed by atoms with Gasteiger partial charge < -0.3 is 19.7 Å². The van der Waals surface area contributed by atoms with Crippen LogP contribution in [0.3, 0.4) is 0 Å². The summed E-state index contributed by atoms with van der Waals surface area (Å²) in [4.78, 5) is 20.9. The van der Waals surface area contributed by atoms with Gasteiger partial charge in [0.2, 0.25) is 12.7 Å². The van der Waals surface area contributed by atoms with E-state index in [9.17, 15) is 4.79 Å². The third-order valence-electron chi connectivity index (χ3n) is 5.46. The molecule has 1 atom stereocenters. The molecule has 0 spiro atoms. The van der Waals surface area contributed by atoms with Crippen LogP contribution in [0.15, 0.2) is 24.4 Å². The number of ether oxygens (including phenoxy) is 2. The second-order valence-corrected chi connectivity index (χ2v) is 9.97. The molecule has 150 valence electrons. The predicted octanol–water partition coefficient (Wildman–Crippen LogP) is 4.19. The highest BCUT2D eigenvalue weighted by atomic mass is 32.1. The first kappa shape index (κ1) is 19.2. The van der Waals surface area contributed by atoms with Crippen LogP contribution >= 0.6 is 11.3 Å². The summed E-state index contributed by atoms with van der Waals surface area (Å²) in [5.41, 5.74) is 0.561. The molecule has 28 heavy (non-hydrogen) atoms. The Morgan fingerprint density at radius 3 is 2.61 bits per heavy atom.